The second-order valence-electron chi connectivity index (χ2n) is 8.05. The van der Waals surface area contributed by atoms with Crippen molar-refractivity contribution in [2.75, 3.05) is 46.0 Å². The molecular weight excluding hydrogens is 477 g/mol. The second-order valence-corrected chi connectivity index (χ2v) is 9.94. The van der Waals surface area contributed by atoms with E-state index >= 15 is 0 Å². The van der Waals surface area contributed by atoms with E-state index in [1.165, 1.54) is 11.8 Å². The zero-order chi connectivity index (χ0) is 24.3. The van der Waals surface area contributed by atoms with E-state index in [1.807, 2.05) is 27.2 Å². The van der Waals surface area contributed by atoms with Crippen LogP contribution in [0.2, 0.25) is 0 Å². The fourth-order valence-corrected chi connectivity index (χ4v) is 4.85. The number of hydrogen-bond acceptors (Lipinski definition) is 10. The number of nitrogens with zero attached hydrogens (tertiary/aromatic N) is 5. The van der Waals surface area contributed by atoms with Crippen LogP contribution in [-0.2, 0) is 19.2 Å². The van der Waals surface area contributed by atoms with Crippen LogP contribution in [0.5, 0.6) is 0 Å². The lowest BCUT2D eigenvalue weighted by Gasteiger charge is -2.49. The van der Waals surface area contributed by atoms with Crippen LogP contribution in [-0.4, -0.2) is 99.1 Å². The third-order valence-electron chi connectivity index (χ3n) is 4.53. The van der Waals surface area contributed by atoms with E-state index in [2.05, 4.69) is 24.7 Å². The highest BCUT2D eigenvalue weighted by Gasteiger charge is 2.54. The van der Waals surface area contributed by atoms with E-state index in [1.54, 1.807) is 6.08 Å². The van der Waals surface area contributed by atoms with Crippen molar-refractivity contribution in [3.63, 3.8) is 0 Å². The number of thioether (sulfide) groups is 1. The number of anilines is 1. The Labute approximate surface area is 196 Å². The molecule has 1 fully saturated rings. The summed E-state index contributed by atoms with van der Waals surface area (Å²) in [5.41, 5.74) is 5.46. The number of carbonyl (C=O) groups excluding carboxylic acids is 2. The smallest absolute Gasteiger partial charge is 0.352 e. The highest BCUT2D eigenvalue weighted by Crippen LogP contribution is 2.40. The van der Waals surface area contributed by atoms with E-state index in [4.69, 9.17) is 5.73 Å². The van der Waals surface area contributed by atoms with Crippen LogP contribution >= 0.6 is 23.3 Å². The Morgan fingerprint density at radius 3 is 2.76 bits per heavy atom. The first-order valence-corrected chi connectivity index (χ1v) is 11.4. The summed E-state index contributed by atoms with van der Waals surface area (Å²) in [6, 6.07) is -1.01. The van der Waals surface area contributed by atoms with Crippen molar-refractivity contribution in [3.8, 4) is 0 Å². The standard InChI is InChI=1S/C18H22FN7O5S2/c1-26(2,3)6-4-5-9-7-32-16-11(15(28)25(16)12(9)17(29)30)21-14(27)10(23-31-8-19)13-22-18(20)33-24-13/h4-5,11,16H,6-8H2,1-3H3,(H3-,20,21,22,24,27,29,30)/p+1/b5-4+,23-10-/t11-,16+/m1/s1. The molecule has 0 radical (unpaired) electrons. The van der Waals surface area contributed by atoms with Gasteiger partial charge in [0.05, 0.1) is 27.7 Å². The first kappa shape index (κ1) is 24.6. The molecule has 2 aliphatic rings. The first-order chi connectivity index (χ1) is 15.5. The summed E-state index contributed by atoms with van der Waals surface area (Å²) in [5.74, 6) is -2.55. The molecule has 0 unspecified atom stereocenters. The van der Waals surface area contributed by atoms with Crippen molar-refractivity contribution in [2.45, 2.75) is 11.4 Å². The first-order valence-electron chi connectivity index (χ1n) is 9.58. The molecule has 2 atom stereocenters. The summed E-state index contributed by atoms with van der Waals surface area (Å²) in [6.07, 6.45) is 3.58. The Balaban J connectivity index is 1.78. The minimum atomic E-state index is -1.29. The van der Waals surface area contributed by atoms with Crippen LogP contribution < -0.4 is 11.1 Å². The molecule has 2 aliphatic heterocycles. The molecule has 3 heterocycles. The number of carboxylic acids is 1. The van der Waals surface area contributed by atoms with E-state index in [0.717, 1.165) is 16.4 Å². The molecule has 0 aromatic carbocycles. The van der Waals surface area contributed by atoms with Crippen molar-refractivity contribution in [1.29, 1.82) is 0 Å². The van der Waals surface area contributed by atoms with Gasteiger partial charge in [-0.15, -0.1) is 11.8 Å². The number of allylic oxidation sites excluding steroid dienone is 1. The molecule has 0 spiro atoms. The number of aromatic nitrogens is 2. The van der Waals surface area contributed by atoms with Gasteiger partial charge in [0, 0.05) is 17.3 Å². The summed E-state index contributed by atoms with van der Waals surface area (Å²) in [6.45, 7) is -0.614. The Kier molecular flexibility index (Phi) is 7.34. The topological polar surface area (TPSA) is 160 Å². The Morgan fingerprint density at radius 2 is 2.18 bits per heavy atom. The number of nitrogens with one attached hydrogen (secondary N) is 1. The van der Waals surface area contributed by atoms with Crippen LogP contribution in [0.15, 0.2) is 28.6 Å². The molecule has 2 amide bonds. The quantitative estimate of drug-likeness (QED) is 0.180. The number of amides is 2. The number of quaternary nitrogens is 1. The molecule has 1 aromatic heterocycles. The summed E-state index contributed by atoms with van der Waals surface area (Å²) in [4.78, 5) is 46.7. The lowest BCUT2D eigenvalue weighted by atomic mass is 10.0. The van der Waals surface area contributed by atoms with Crippen LogP contribution in [0.4, 0.5) is 9.52 Å². The second kappa shape index (κ2) is 9.84. The largest absolute Gasteiger partial charge is 0.477 e. The van der Waals surface area contributed by atoms with Gasteiger partial charge in [0.1, 0.15) is 17.1 Å². The third-order valence-corrected chi connectivity index (χ3v) is 6.38. The summed E-state index contributed by atoms with van der Waals surface area (Å²) in [5, 5.41) is 15.0. The lowest BCUT2D eigenvalue weighted by molar-refractivity contribution is -0.864. The van der Waals surface area contributed by atoms with Crippen LogP contribution in [0.25, 0.3) is 0 Å². The van der Waals surface area contributed by atoms with Crippen molar-refractivity contribution in [1.82, 2.24) is 19.6 Å². The summed E-state index contributed by atoms with van der Waals surface area (Å²) < 4.78 is 16.9. The van der Waals surface area contributed by atoms with E-state index in [-0.39, 0.29) is 16.7 Å². The number of carbonyl (C=O) groups is 3. The molecule has 0 bridgehead atoms. The van der Waals surface area contributed by atoms with Gasteiger partial charge in [-0.2, -0.15) is 9.36 Å². The minimum absolute atomic E-state index is 0.0570. The molecule has 4 N–H and O–H groups in total. The summed E-state index contributed by atoms with van der Waals surface area (Å²) >= 11 is 2.12. The molecule has 12 nitrogen and oxygen atoms in total. The van der Waals surface area contributed by atoms with Gasteiger partial charge < -0.3 is 25.5 Å². The maximum absolute atomic E-state index is 12.8. The van der Waals surface area contributed by atoms with E-state index < -0.39 is 41.8 Å². The zero-order valence-electron chi connectivity index (χ0n) is 18.0. The van der Waals surface area contributed by atoms with Crippen molar-refractivity contribution in [2.24, 2.45) is 5.16 Å². The number of hydrogen-bond donors (Lipinski definition) is 3. The number of halogens is 1. The fourth-order valence-electron chi connectivity index (χ4n) is 3.10. The van der Waals surface area contributed by atoms with Gasteiger partial charge in [0.15, 0.2) is 5.13 Å². The van der Waals surface area contributed by atoms with Gasteiger partial charge in [-0.3, -0.25) is 14.5 Å². The average molecular weight is 501 g/mol. The molecule has 0 saturated carbocycles. The molecule has 0 aliphatic carbocycles. The minimum Gasteiger partial charge on any atom is -0.477 e. The Bertz CT molecular complexity index is 1050. The van der Waals surface area contributed by atoms with E-state index in [0.29, 0.717) is 22.4 Å². The number of likely N-dealkylation sites (N-methyl/N-ethyl adjacent to an activating group) is 1. The van der Waals surface area contributed by atoms with Gasteiger partial charge in [-0.05, 0) is 11.6 Å². The van der Waals surface area contributed by atoms with Gasteiger partial charge in [0.25, 0.3) is 18.7 Å². The number of nitrogen functional groups attached to an aromatic ring is 1. The number of oxime groups is 1. The van der Waals surface area contributed by atoms with Gasteiger partial charge in [0.2, 0.25) is 11.5 Å². The molecule has 33 heavy (non-hydrogen) atoms. The number of aliphatic carboxylic acids is 1. The Morgan fingerprint density at radius 1 is 1.45 bits per heavy atom. The maximum atomic E-state index is 12.8. The summed E-state index contributed by atoms with van der Waals surface area (Å²) in [7, 11) is 6.00. The number of fused-ring (bicyclic) bond motifs is 1. The predicted octanol–water partition coefficient (Wildman–Crippen LogP) is -0.231. The highest BCUT2D eigenvalue weighted by molar-refractivity contribution is 8.00. The molecule has 178 valence electrons. The molecular formula is C18H23FN7O5S2+. The van der Waals surface area contributed by atoms with Crippen molar-refractivity contribution >= 4 is 51.9 Å². The number of rotatable bonds is 9. The lowest BCUT2D eigenvalue weighted by Crippen LogP contribution is -2.71. The normalized spacial score (nSPS) is 21.2. The molecule has 1 saturated heterocycles. The third kappa shape index (κ3) is 5.48. The number of carboxylic acid groups (broad SMARTS) is 1. The van der Waals surface area contributed by atoms with E-state index in [9.17, 15) is 23.9 Å². The predicted molar refractivity (Wildman–Crippen MR) is 120 cm³/mol. The van der Waals surface area contributed by atoms with Gasteiger partial charge in [-0.1, -0.05) is 11.2 Å². The highest BCUT2D eigenvalue weighted by atomic mass is 32.2. The van der Waals surface area contributed by atoms with Crippen LogP contribution in [0.1, 0.15) is 5.82 Å². The van der Waals surface area contributed by atoms with Gasteiger partial charge >= 0.3 is 5.97 Å². The maximum Gasteiger partial charge on any atom is 0.352 e. The van der Waals surface area contributed by atoms with Crippen LogP contribution in [0.3, 0.4) is 0 Å². The monoisotopic (exact) mass is 500 g/mol. The molecule has 15 heteroatoms. The van der Waals surface area contributed by atoms with Crippen molar-refractivity contribution in [3.05, 3.63) is 29.2 Å². The molecule has 1 aromatic rings. The number of nitrogens with two attached hydrogens (primary N) is 1. The van der Waals surface area contributed by atoms with Crippen LogP contribution in [0, 0.1) is 0 Å². The SMILES string of the molecule is C[N+](C)(C)C/C=C/C1=C(C(=O)O)N2C(=O)[C@@H](NC(=O)/C(=N\OCF)c3nsc(N)n3)[C@@H]2SC1. The number of β-lactam (4-membered cyclic amide) rings is 1. The Hall–Kier alpha value is -3.04. The fraction of sp³-hybridized carbons (Fsp3) is 0.444. The van der Waals surface area contributed by atoms with Crippen molar-refractivity contribution < 1.29 is 33.2 Å². The van der Waals surface area contributed by atoms with Gasteiger partial charge in [-0.25, -0.2) is 9.18 Å². The average Bonchev–Trinajstić information content (AvgIpc) is 3.16. The zero-order valence-corrected chi connectivity index (χ0v) is 19.7. The molecule has 3 rings (SSSR count). The number of alkyl halides is 1.